The fourth-order valence-electron chi connectivity index (χ4n) is 2.61. The highest BCUT2D eigenvalue weighted by molar-refractivity contribution is 5.92. The molecule has 0 spiro atoms. The Kier molecular flexibility index (Phi) is 8.27. The van der Waals surface area contributed by atoms with Crippen molar-refractivity contribution in [1.29, 1.82) is 0 Å². The Balaban J connectivity index is 2.01. The molecule has 0 bridgehead atoms. The molecule has 0 aliphatic rings. The Bertz CT molecular complexity index is 807. The largest absolute Gasteiger partial charge is 0.496 e. The van der Waals surface area contributed by atoms with Crippen molar-refractivity contribution in [3.8, 4) is 5.75 Å². The van der Waals surface area contributed by atoms with Crippen molar-refractivity contribution in [2.75, 3.05) is 27.3 Å². The normalized spacial score (nSPS) is 11.1. The number of aliphatic imine (C=N–C) groups is 1. The summed E-state index contributed by atoms with van der Waals surface area (Å²) in [5.41, 5.74) is 2.27. The molecular formula is C21H26FN3O3. The Morgan fingerprint density at radius 3 is 2.43 bits per heavy atom. The highest BCUT2D eigenvalue weighted by Gasteiger charge is 2.13. The van der Waals surface area contributed by atoms with Gasteiger partial charge >= 0.3 is 5.97 Å². The van der Waals surface area contributed by atoms with Crippen molar-refractivity contribution in [1.82, 2.24) is 10.6 Å². The molecule has 2 aromatic carbocycles. The monoisotopic (exact) mass is 387 g/mol. The molecule has 0 unspecified atom stereocenters. The van der Waals surface area contributed by atoms with Crippen molar-refractivity contribution in [2.24, 2.45) is 4.99 Å². The van der Waals surface area contributed by atoms with E-state index < -0.39 is 5.97 Å². The van der Waals surface area contributed by atoms with Crippen LogP contribution in [0.3, 0.4) is 0 Å². The third kappa shape index (κ3) is 6.26. The van der Waals surface area contributed by atoms with Crippen LogP contribution >= 0.6 is 0 Å². The minimum Gasteiger partial charge on any atom is -0.496 e. The molecule has 7 heteroatoms. The van der Waals surface area contributed by atoms with Gasteiger partial charge in [0.05, 0.1) is 20.8 Å². The van der Waals surface area contributed by atoms with Gasteiger partial charge in [0.15, 0.2) is 5.96 Å². The maximum atomic E-state index is 13.0. The molecule has 2 N–H and O–H groups in total. The summed E-state index contributed by atoms with van der Waals surface area (Å²) >= 11 is 0. The molecule has 28 heavy (non-hydrogen) atoms. The van der Waals surface area contributed by atoms with Gasteiger partial charge in [0, 0.05) is 13.1 Å². The molecule has 0 radical (unpaired) electrons. The van der Waals surface area contributed by atoms with Crippen molar-refractivity contribution in [3.63, 3.8) is 0 Å². The molecule has 0 aliphatic heterocycles. The number of rotatable bonds is 8. The van der Waals surface area contributed by atoms with Crippen LogP contribution in [-0.2, 0) is 17.7 Å². The van der Waals surface area contributed by atoms with E-state index in [1.165, 1.54) is 26.4 Å². The number of hydrogen-bond donors (Lipinski definition) is 2. The average molecular weight is 387 g/mol. The van der Waals surface area contributed by atoms with Crippen molar-refractivity contribution in [2.45, 2.75) is 19.9 Å². The SMILES string of the molecule is CCNC(=NCc1ccc(OC)c(C(=O)OC)c1)NCCc1ccc(F)cc1. The number of carbonyl (C=O) groups excluding carboxylic acids is 1. The number of benzene rings is 2. The van der Waals surface area contributed by atoms with Gasteiger partial charge in [-0.05, 0) is 48.7 Å². The summed E-state index contributed by atoms with van der Waals surface area (Å²) < 4.78 is 23.0. The summed E-state index contributed by atoms with van der Waals surface area (Å²) in [6, 6.07) is 11.8. The third-order valence-corrected chi connectivity index (χ3v) is 4.05. The highest BCUT2D eigenvalue weighted by atomic mass is 19.1. The molecule has 0 saturated heterocycles. The van der Waals surface area contributed by atoms with Crippen LogP contribution in [0.5, 0.6) is 5.75 Å². The number of esters is 1. The van der Waals surface area contributed by atoms with E-state index in [0.717, 1.165) is 24.1 Å². The maximum Gasteiger partial charge on any atom is 0.341 e. The fourth-order valence-corrected chi connectivity index (χ4v) is 2.61. The standard InChI is InChI=1S/C21H26FN3O3/c1-4-23-21(24-12-11-15-5-8-17(22)9-6-15)25-14-16-7-10-19(27-2)18(13-16)20(26)28-3/h5-10,13H,4,11-12,14H2,1-3H3,(H2,23,24,25). The lowest BCUT2D eigenvalue weighted by Crippen LogP contribution is -2.38. The van der Waals surface area contributed by atoms with Crippen LogP contribution in [0.15, 0.2) is 47.5 Å². The van der Waals surface area contributed by atoms with Gasteiger partial charge in [0.2, 0.25) is 0 Å². The van der Waals surface area contributed by atoms with Crippen LogP contribution in [-0.4, -0.2) is 39.2 Å². The molecule has 0 amide bonds. The first-order chi connectivity index (χ1) is 13.6. The number of ether oxygens (including phenoxy) is 2. The first-order valence-electron chi connectivity index (χ1n) is 9.09. The lowest BCUT2D eigenvalue weighted by Gasteiger charge is -2.12. The van der Waals surface area contributed by atoms with Crippen molar-refractivity contribution >= 4 is 11.9 Å². The van der Waals surface area contributed by atoms with E-state index in [-0.39, 0.29) is 5.82 Å². The van der Waals surface area contributed by atoms with Crippen molar-refractivity contribution < 1.29 is 18.7 Å². The van der Waals surface area contributed by atoms with Crippen LogP contribution in [0, 0.1) is 5.82 Å². The van der Waals surface area contributed by atoms with Crippen LogP contribution in [0.4, 0.5) is 4.39 Å². The van der Waals surface area contributed by atoms with Gasteiger partial charge in [0.1, 0.15) is 17.1 Å². The number of carbonyl (C=O) groups is 1. The molecule has 0 atom stereocenters. The molecule has 0 fully saturated rings. The van der Waals surface area contributed by atoms with Crippen LogP contribution in [0.2, 0.25) is 0 Å². The molecule has 0 aliphatic carbocycles. The van der Waals surface area contributed by atoms with Gasteiger partial charge in [-0.25, -0.2) is 14.2 Å². The van der Waals surface area contributed by atoms with E-state index >= 15 is 0 Å². The van der Waals surface area contributed by atoms with Gasteiger partial charge < -0.3 is 20.1 Å². The first kappa shape index (κ1) is 21.2. The number of guanidine groups is 1. The minimum atomic E-state index is -0.452. The molecule has 2 aromatic rings. The Morgan fingerprint density at radius 1 is 1.07 bits per heavy atom. The van der Waals surface area contributed by atoms with Crippen LogP contribution < -0.4 is 15.4 Å². The smallest absolute Gasteiger partial charge is 0.341 e. The van der Waals surface area contributed by atoms with Gasteiger partial charge in [-0.1, -0.05) is 18.2 Å². The van der Waals surface area contributed by atoms with Gasteiger partial charge in [-0.3, -0.25) is 0 Å². The van der Waals surface area contributed by atoms with E-state index in [2.05, 4.69) is 15.6 Å². The maximum absolute atomic E-state index is 13.0. The third-order valence-electron chi connectivity index (χ3n) is 4.05. The van der Waals surface area contributed by atoms with E-state index in [0.29, 0.717) is 30.4 Å². The summed E-state index contributed by atoms with van der Waals surface area (Å²) in [7, 11) is 2.84. The van der Waals surface area contributed by atoms with E-state index in [1.807, 2.05) is 13.0 Å². The zero-order valence-corrected chi connectivity index (χ0v) is 16.4. The average Bonchev–Trinajstić information content (AvgIpc) is 2.72. The Labute approximate surface area is 164 Å². The zero-order chi connectivity index (χ0) is 20.4. The second-order valence-corrected chi connectivity index (χ2v) is 6.02. The number of hydrogen-bond acceptors (Lipinski definition) is 4. The molecule has 0 heterocycles. The summed E-state index contributed by atoms with van der Waals surface area (Å²) in [6.07, 6.45) is 0.750. The Hall–Kier alpha value is -3.09. The molecule has 0 saturated carbocycles. The number of nitrogens with zero attached hydrogens (tertiary/aromatic N) is 1. The van der Waals surface area contributed by atoms with Gasteiger partial charge in [0.25, 0.3) is 0 Å². The fraction of sp³-hybridized carbons (Fsp3) is 0.333. The summed E-state index contributed by atoms with van der Waals surface area (Å²) in [5, 5.41) is 6.44. The topological polar surface area (TPSA) is 72.0 Å². The zero-order valence-electron chi connectivity index (χ0n) is 16.4. The summed E-state index contributed by atoms with van der Waals surface area (Å²) in [5.74, 6) is 0.438. The quantitative estimate of drug-likeness (QED) is 0.414. The molecular weight excluding hydrogens is 361 g/mol. The molecule has 6 nitrogen and oxygen atoms in total. The number of methoxy groups -OCH3 is 2. The number of halogens is 1. The summed E-state index contributed by atoms with van der Waals surface area (Å²) in [6.45, 7) is 3.76. The van der Waals surface area contributed by atoms with E-state index in [9.17, 15) is 9.18 Å². The predicted octanol–water partition coefficient (Wildman–Crippen LogP) is 2.92. The molecule has 0 aromatic heterocycles. The van der Waals surface area contributed by atoms with Crippen LogP contribution in [0.1, 0.15) is 28.4 Å². The predicted molar refractivity (Wildman–Crippen MR) is 107 cm³/mol. The lowest BCUT2D eigenvalue weighted by molar-refractivity contribution is 0.0597. The molecule has 150 valence electrons. The second-order valence-electron chi connectivity index (χ2n) is 6.02. The second kappa shape index (κ2) is 10.9. The number of nitrogens with one attached hydrogen (secondary N) is 2. The minimum absolute atomic E-state index is 0.238. The summed E-state index contributed by atoms with van der Waals surface area (Å²) in [4.78, 5) is 16.4. The van der Waals surface area contributed by atoms with Crippen LogP contribution in [0.25, 0.3) is 0 Å². The van der Waals surface area contributed by atoms with E-state index in [4.69, 9.17) is 9.47 Å². The van der Waals surface area contributed by atoms with Gasteiger partial charge in [-0.2, -0.15) is 0 Å². The Morgan fingerprint density at radius 2 is 1.79 bits per heavy atom. The van der Waals surface area contributed by atoms with E-state index in [1.54, 1.807) is 24.3 Å². The lowest BCUT2D eigenvalue weighted by atomic mass is 10.1. The molecule has 2 rings (SSSR count). The van der Waals surface area contributed by atoms with Crippen molar-refractivity contribution in [3.05, 3.63) is 65.0 Å². The first-order valence-corrected chi connectivity index (χ1v) is 9.09. The highest BCUT2D eigenvalue weighted by Crippen LogP contribution is 2.21. The van der Waals surface area contributed by atoms with Gasteiger partial charge in [-0.15, -0.1) is 0 Å².